The number of rotatable bonds is 5. The highest BCUT2D eigenvalue weighted by Crippen LogP contribution is 2.42. The summed E-state index contributed by atoms with van der Waals surface area (Å²) in [5, 5.41) is 2.95. The molecule has 1 aromatic rings. The van der Waals surface area contributed by atoms with Crippen molar-refractivity contribution in [2.45, 2.75) is 57.7 Å². The van der Waals surface area contributed by atoms with Crippen LogP contribution in [0.5, 0.6) is 0 Å². The number of nitrogens with zero attached hydrogens (tertiary/aromatic N) is 1. The number of nitrogens with one attached hydrogen (secondary N) is 1. The second-order valence-electron chi connectivity index (χ2n) is 9.36. The van der Waals surface area contributed by atoms with Crippen LogP contribution < -0.4 is 11.1 Å². The Morgan fingerprint density at radius 3 is 2.39 bits per heavy atom. The minimum atomic E-state index is -0.738. The van der Waals surface area contributed by atoms with E-state index in [0.717, 1.165) is 25.7 Å². The first-order chi connectivity index (χ1) is 14.7. The summed E-state index contributed by atoms with van der Waals surface area (Å²) in [4.78, 5) is 52.1. The number of fused-ring (bicyclic) bond motifs is 1. The molecule has 0 spiro atoms. The van der Waals surface area contributed by atoms with Gasteiger partial charge in [0.1, 0.15) is 18.7 Å². The molecule has 3 amide bonds. The third-order valence-electron chi connectivity index (χ3n) is 7.12. The summed E-state index contributed by atoms with van der Waals surface area (Å²) in [6, 6.07) is 4.73. The molecule has 0 unspecified atom stereocenters. The number of hydrogen-bond donors (Lipinski definition) is 2. The first kappa shape index (κ1) is 21.5. The molecular weight excluding hydrogens is 398 g/mol. The van der Waals surface area contributed by atoms with Crippen molar-refractivity contribution in [3.05, 3.63) is 35.4 Å². The van der Waals surface area contributed by atoms with Crippen LogP contribution in [-0.2, 0) is 14.3 Å². The molecule has 8 heteroatoms. The van der Waals surface area contributed by atoms with Gasteiger partial charge in [-0.3, -0.25) is 19.2 Å². The van der Waals surface area contributed by atoms with Crippen molar-refractivity contribution in [3.8, 4) is 0 Å². The fourth-order valence-electron chi connectivity index (χ4n) is 5.29. The smallest absolute Gasteiger partial charge is 0.251 e. The van der Waals surface area contributed by atoms with E-state index in [2.05, 4.69) is 5.32 Å². The van der Waals surface area contributed by atoms with Gasteiger partial charge >= 0.3 is 0 Å². The lowest BCUT2D eigenvalue weighted by Crippen LogP contribution is -2.57. The Morgan fingerprint density at radius 1 is 1.16 bits per heavy atom. The normalized spacial score (nSPS) is 27.7. The summed E-state index contributed by atoms with van der Waals surface area (Å²) in [6.07, 6.45) is 3.37. The van der Waals surface area contributed by atoms with Gasteiger partial charge in [-0.1, -0.05) is 26.7 Å². The molecule has 4 atom stereocenters. The van der Waals surface area contributed by atoms with Crippen LogP contribution in [0, 0.1) is 11.3 Å². The van der Waals surface area contributed by atoms with E-state index in [1.165, 1.54) is 24.3 Å². The van der Waals surface area contributed by atoms with Gasteiger partial charge in [-0.15, -0.1) is 0 Å². The highest BCUT2D eigenvalue weighted by Gasteiger charge is 2.54. The third kappa shape index (κ3) is 3.84. The number of ether oxygens (including phenoxy) is 1. The van der Waals surface area contributed by atoms with Crippen LogP contribution in [0.4, 0.5) is 0 Å². The van der Waals surface area contributed by atoms with Crippen molar-refractivity contribution in [1.29, 1.82) is 0 Å². The molecule has 3 fully saturated rings. The minimum Gasteiger partial charge on any atom is -0.367 e. The predicted octanol–water partition coefficient (Wildman–Crippen LogP) is 1.28. The molecule has 8 nitrogen and oxygen atoms in total. The summed E-state index contributed by atoms with van der Waals surface area (Å²) in [6.45, 7) is 4.48. The zero-order chi connectivity index (χ0) is 22.3. The SMILES string of the molecule is C[C@H]1CN(C(=O)[C@@H](NC(=O)c2ccc(C(N)=O)cc2)C2(C)CCCC2)[C@@H]2C(=O)CO[C@@H]21. The molecule has 166 valence electrons. The quantitative estimate of drug-likeness (QED) is 0.734. The zero-order valence-corrected chi connectivity index (χ0v) is 17.9. The molecule has 1 aromatic carbocycles. The summed E-state index contributed by atoms with van der Waals surface area (Å²) in [7, 11) is 0. The monoisotopic (exact) mass is 427 g/mol. The number of carbonyl (C=O) groups is 4. The summed E-state index contributed by atoms with van der Waals surface area (Å²) in [5.41, 5.74) is 5.54. The van der Waals surface area contributed by atoms with Crippen molar-refractivity contribution in [2.75, 3.05) is 13.2 Å². The van der Waals surface area contributed by atoms with E-state index >= 15 is 0 Å². The van der Waals surface area contributed by atoms with Gasteiger partial charge in [-0.05, 0) is 42.5 Å². The summed E-state index contributed by atoms with van der Waals surface area (Å²) < 4.78 is 5.62. The van der Waals surface area contributed by atoms with Crippen molar-refractivity contribution >= 4 is 23.5 Å². The molecule has 0 bridgehead atoms. The van der Waals surface area contributed by atoms with E-state index in [1.54, 1.807) is 4.90 Å². The Balaban J connectivity index is 1.59. The number of carbonyl (C=O) groups excluding carboxylic acids is 4. The highest BCUT2D eigenvalue weighted by molar-refractivity contribution is 6.00. The molecule has 0 radical (unpaired) electrons. The molecule has 2 saturated heterocycles. The first-order valence-corrected chi connectivity index (χ1v) is 10.9. The van der Waals surface area contributed by atoms with E-state index in [0.29, 0.717) is 17.7 Å². The standard InChI is InChI=1S/C23H29N3O5/c1-13-11-26(17-16(27)12-31-18(13)17)22(30)19(23(2)9-3-4-10-23)25-21(29)15-7-5-14(6-8-15)20(24)28/h5-8,13,17-19H,3-4,9-12H2,1-2H3,(H2,24,28)(H,25,29)/t13-,17+,18+,19+/m0/s1. The van der Waals surface area contributed by atoms with Gasteiger partial charge in [0.2, 0.25) is 11.8 Å². The number of hydrogen-bond acceptors (Lipinski definition) is 5. The molecule has 0 aromatic heterocycles. The number of nitrogens with two attached hydrogens (primary N) is 1. The number of ketones is 1. The number of amides is 3. The first-order valence-electron chi connectivity index (χ1n) is 10.9. The van der Waals surface area contributed by atoms with Crippen LogP contribution in [-0.4, -0.2) is 59.7 Å². The minimum absolute atomic E-state index is 0.0317. The van der Waals surface area contributed by atoms with Crippen LogP contribution >= 0.6 is 0 Å². The highest BCUT2D eigenvalue weighted by atomic mass is 16.5. The molecule has 2 aliphatic heterocycles. The van der Waals surface area contributed by atoms with Crippen LogP contribution in [0.1, 0.15) is 60.2 Å². The average molecular weight is 428 g/mol. The van der Waals surface area contributed by atoms with Crippen LogP contribution in [0.2, 0.25) is 0 Å². The fourth-order valence-corrected chi connectivity index (χ4v) is 5.29. The number of likely N-dealkylation sites (tertiary alicyclic amines) is 1. The molecule has 1 aliphatic carbocycles. The predicted molar refractivity (Wildman–Crippen MR) is 112 cm³/mol. The molecule has 1 saturated carbocycles. The molecular formula is C23H29N3O5. The third-order valence-corrected chi connectivity index (χ3v) is 7.12. The van der Waals surface area contributed by atoms with E-state index in [9.17, 15) is 19.2 Å². The van der Waals surface area contributed by atoms with E-state index < -0.39 is 18.0 Å². The van der Waals surface area contributed by atoms with E-state index in [-0.39, 0.29) is 41.6 Å². The van der Waals surface area contributed by atoms with Gasteiger partial charge in [0.25, 0.3) is 5.91 Å². The topological polar surface area (TPSA) is 119 Å². The van der Waals surface area contributed by atoms with Crippen molar-refractivity contribution < 1.29 is 23.9 Å². The number of benzene rings is 1. The zero-order valence-electron chi connectivity index (χ0n) is 17.9. The van der Waals surface area contributed by atoms with Gasteiger partial charge in [0, 0.05) is 23.6 Å². The maximum absolute atomic E-state index is 13.7. The molecule has 3 N–H and O–H groups in total. The maximum Gasteiger partial charge on any atom is 0.251 e. The average Bonchev–Trinajstić information content (AvgIpc) is 3.44. The van der Waals surface area contributed by atoms with Crippen LogP contribution in [0.15, 0.2) is 24.3 Å². The summed E-state index contributed by atoms with van der Waals surface area (Å²) >= 11 is 0. The van der Waals surface area contributed by atoms with Crippen molar-refractivity contribution in [2.24, 2.45) is 17.1 Å². The largest absolute Gasteiger partial charge is 0.367 e. The van der Waals surface area contributed by atoms with Crippen molar-refractivity contribution in [3.63, 3.8) is 0 Å². The molecule has 3 aliphatic rings. The van der Waals surface area contributed by atoms with Gasteiger partial charge < -0.3 is 20.7 Å². The van der Waals surface area contributed by atoms with Gasteiger partial charge in [0.15, 0.2) is 5.78 Å². The molecule has 31 heavy (non-hydrogen) atoms. The molecule has 2 heterocycles. The van der Waals surface area contributed by atoms with Crippen LogP contribution in [0.3, 0.4) is 0 Å². The Labute approximate surface area is 181 Å². The molecule has 4 rings (SSSR count). The lowest BCUT2D eigenvalue weighted by Gasteiger charge is -2.37. The number of primary amides is 1. The van der Waals surface area contributed by atoms with Crippen molar-refractivity contribution in [1.82, 2.24) is 10.2 Å². The summed E-state index contributed by atoms with van der Waals surface area (Å²) in [5.74, 6) is -1.19. The Bertz CT molecular complexity index is 906. The second-order valence-corrected chi connectivity index (χ2v) is 9.36. The van der Waals surface area contributed by atoms with Gasteiger partial charge in [0.05, 0.1) is 6.10 Å². The van der Waals surface area contributed by atoms with E-state index in [4.69, 9.17) is 10.5 Å². The van der Waals surface area contributed by atoms with E-state index in [1.807, 2.05) is 13.8 Å². The fraction of sp³-hybridized carbons (Fsp3) is 0.565. The van der Waals surface area contributed by atoms with Crippen LogP contribution in [0.25, 0.3) is 0 Å². The lowest BCUT2D eigenvalue weighted by molar-refractivity contribution is -0.140. The van der Waals surface area contributed by atoms with Gasteiger partial charge in [-0.25, -0.2) is 0 Å². The maximum atomic E-state index is 13.7. The Hall–Kier alpha value is -2.74. The van der Waals surface area contributed by atoms with Gasteiger partial charge in [-0.2, -0.15) is 0 Å². The number of Topliss-reactive ketones (excluding diaryl/α,β-unsaturated/α-hetero) is 1. The second kappa shape index (κ2) is 8.07. The lowest BCUT2D eigenvalue weighted by atomic mass is 9.79. The Morgan fingerprint density at radius 2 is 1.77 bits per heavy atom. The Kier molecular flexibility index (Phi) is 5.60.